The molecule has 1 aliphatic heterocycles. The Hall–Kier alpha value is -2.51. The molecule has 1 aliphatic rings. The summed E-state index contributed by atoms with van der Waals surface area (Å²) in [6, 6.07) is 11.9. The van der Waals surface area contributed by atoms with Crippen molar-refractivity contribution in [3.05, 3.63) is 59.2 Å². The van der Waals surface area contributed by atoms with Gasteiger partial charge in [-0.15, -0.1) is 0 Å². The van der Waals surface area contributed by atoms with Crippen molar-refractivity contribution >= 4 is 28.9 Å². The number of aromatic carboxylic acids is 1. The Labute approximate surface area is 148 Å². The van der Waals surface area contributed by atoms with Gasteiger partial charge in [0.15, 0.2) is 4.90 Å². The van der Waals surface area contributed by atoms with Crippen molar-refractivity contribution in [3.8, 4) is 0 Å². The smallest absolute Gasteiger partial charge is 0.335 e. The lowest BCUT2D eigenvalue weighted by Gasteiger charge is -2.35. The maximum atomic E-state index is 12.6. The summed E-state index contributed by atoms with van der Waals surface area (Å²) in [6.45, 7) is 0.748. The molecule has 0 aliphatic carbocycles. The maximum absolute atomic E-state index is 12.6. The third-order valence-corrected chi connectivity index (χ3v) is 5.17. The average molecular weight is 358 g/mol. The lowest BCUT2D eigenvalue weighted by atomic mass is 10.0. The molecule has 0 radical (unpaired) electrons. The molecule has 1 unspecified atom stereocenters. The summed E-state index contributed by atoms with van der Waals surface area (Å²) in [5, 5.41) is 9.16. The molecule has 0 saturated carbocycles. The normalized spacial score (nSPS) is 15.1. The van der Waals surface area contributed by atoms with Crippen LogP contribution in [0.15, 0.2) is 47.4 Å². The van der Waals surface area contributed by atoms with E-state index in [-0.39, 0.29) is 11.6 Å². The van der Waals surface area contributed by atoms with Crippen LogP contribution in [0.1, 0.15) is 21.5 Å². The number of hydrogen-bond donors (Lipinski definition) is 1. The molecular formula is C18H18N2O4S. The number of fused-ring (bicyclic) bond motifs is 1. The van der Waals surface area contributed by atoms with Crippen molar-refractivity contribution < 1.29 is 19.2 Å². The molecule has 130 valence electrons. The molecule has 1 atom stereocenters. The summed E-state index contributed by atoms with van der Waals surface area (Å²) in [6.07, 6.45) is 1.62. The number of rotatable bonds is 4. The van der Waals surface area contributed by atoms with E-state index in [2.05, 4.69) is 0 Å². The highest BCUT2D eigenvalue weighted by Gasteiger charge is 2.28. The molecule has 0 bridgehead atoms. The summed E-state index contributed by atoms with van der Waals surface area (Å²) in [5.74, 6) is -0.989. The van der Waals surface area contributed by atoms with Gasteiger partial charge < -0.3 is 14.6 Å². The minimum absolute atomic E-state index is 0.140. The van der Waals surface area contributed by atoms with Gasteiger partial charge >= 0.3 is 12.0 Å². The van der Waals surface area contributed by atoms with E-state index in [0.717, 1.165) is 21.7 Å². The zero-order chi connectivity index (χ0) is 18.1. The number of carbonyl (C=O) groups is 2. The first-order chi connectivity index (χ1) is 11.9. The fraction of sp³-hybridized carbons (Fsp3) is 0.222. The third kappa shape index (κ3) is 3.47. The molecule has 3 rings (SSSR count). The average Bonchev–Trinajstić information content (AvgIpc) is 2.59. The van der Waals surface area contributed by atoms with Gasteiger partial charge in [0.1, 0.15) is 6.26 Å². The Morgan fingerprint density at radius 1 is 1.24 bits per heavy atom. The van der Waals surface area contributed by atoms with E-state index in [9.17, 15) is 14.1 Å². The van der Waals surface area contributed by atoms with Gasteiger partial charge in [-0.2, -0.15) is 0 Å². The summed E-state index contributed by atoms with van der Waals surface area (Å²) in [5.41, 5.74) is 2.65. The van der Waals surface area contributed by atoms with Crippen LogP contribution < -0.4 is 4.90 Å². The van der Waals surface area contributed by atoms with Crippen LogP contribution in [0.4, 0.5) is 10.5 Å². The van der Waals surface area contributed by atoms with Crippen molar-refractivity contribution in [2.24, 2.45) is 0 Å². The van der Waals surface area contributed by atoms with Crippen LogP contribution in [0.25, 0.3) is 0 Å². The predicted octanol–water partition coefficient (Wildman–Crippen LogP) is 2.69. The number of carboxylic acids is 1. The first kappa shape index (κ1) is 17.3. The number of carboxylic acid groups (broad SMARTS) is 1. The van der Waals surface area contributed by atoms with E-state index in [4.69, 9.17) is 5.11 Å². The van der Waals surface area contributed by atoms with Gasteiger partial charge in [0, 0.05) is 20.1 Å². The first-order valence-corrected chi connectivity index (χ1v) is 9.24. The van der Waals surface area contributed by atoms with Crippen molar-refractivity contribution in [1.29, 1.82) is 0 Å². The molecule has 0 spiro atoms. The van der Waals surface area contributed by atoms with E-state index in [1.807, 2.05) is 12.1 Å². The van der Waals surface area contributed by atoms with E-state index >= 15 is 0 Å². The maximum Gasteiger partial charge on any atom is 0.335 e. The van der Waals surface area contributed by atoms with Crippen molar-refractivity contribution in [3.63, 3.8) is 0 Å². The number of benzene rings is 2. The van der Waals surface area contributed by atoms with Crippen molar-refractivity contribution in [2.45, 2.75) is 18.0 Å². The van der Waals surface area contributed by atoms with Crippen LogP contribution >= 0.6 is 0 Å². The zero-order valence-electron chi connectivity index (χ0n) is 13.9. The molecule has 0 aromatic heterocycles. The van der Waals surface area contributed by atoms with E-state index in [0.29, 0.717) is 13.1 Å². The number of amides is 2. The number of hydrogen-bond acceptors (Lipinski definition) is 3. The van der Waals surface area contributed by atoms with E-state index in [1.165, 1.54) is 11.0 Å². The van der Waals surface area contributed by atoms with Crippen LogP contribution in [-0.4, -0.2) is 39.9 Å². The minimum Gasteiger partial charge on any atom is -0.612 e. The fourth-order valence-electron chi connectivity index (χ4n) is 2.89. The summed E-state index contributed by atoms with van der Waals surface area (Å²) in [4.78, 5) is 27.7. The van der Waals surface area contributed by atoms with Gasteiger partial charge in [-0.3, -0.25) is 4.90 Å². The largest absolute Gasteiger partial charge is 0.612 e. The monoisotopic (exact) mass is 358 g/mol. The van der Waals surface area contributed by atoms with Gasteiger partial charge in [0.2, 0.25) is 0 Å². The molecule has 1 heterocycles. The zero-order valence-corrected chi connectivity index (χ0v) is 14.7. The molecule has 2 amide bonds. The van der Waals surface area contributed by atoms with E-state index in [1.54, 1.807) is 42.5 Å². The Bertz CT molecular complexity index is 820. The van der Waals surface area contributed by atoms with Crippen molar-refractivity contribution in [2.75, 3.05) is 18.2 Å². The fourth-order valence-corrected chi connectivity index (χ4v) is 3.41. The SMILES string of the molecule is CN1C(=O)N(Cc2ccc([S+](C)[O-])cc2)Cc2cc(C(=O)O)ccc21. The molecule has 0 saturated heterocycles. The molecule has 1 N–H and O–H groups in total. The summed E-state index contributed by atoms with van der Waals surface area (Å²) in [7, 11) is 1.68. The van der Waals surface area contributed by atoms with Crippen LogP contribution in [0.3, 0.4) is 0 Å². The second kappa shape index (κ2) is 6.78. The quantitative estimate of drug-likeness (QED) is 0.852. The van der Waals surface area contributed by atoms with Crippen LogP contribution in [0.5, 0.6) is 0 Å². The Morgan fingerprint density at radius 3 is 2.52 bits per heavy atom. The summed E-state index contributed by atoms with van der Waals surface area (Å²) >= 11 is -1.04. The molecular weight excluding hydrogens is 340 g/mol. The van der Waals surface area contributed by atoms with Gasteiger partial charge in [-0.05, 0) is 52.6 Å². The Kier molecular flexibility index (Phi) is 4.69. The van der Waals surface area contributed by atoms with E-state index < -0.39 is 17.1 Å². The topological polar surface area (TPSA) is 83.9 Å². The first-order valence-electron chi connectivity index (χ1n) is 7.68. The highest BCUT2D eigenvalue weighted by Crippen LogP contribution is 2.29. The molecule has 7 heteroatoms. The van der Waals surface area contributed by atoms with Gasteiger partial charge in [0.25, 0.3) is 0 Å². The van der Waals surface area contributed by atoms with Crippen molar-refractivity contribution in [1.82, 2.24) is 4.90 Å². The van der Waals surface area contributed by atoms with Gasteiger partial charge in [-0.25, -0.2) is 9.59 Å². The van der Waals surface area contributed by atoms with Crippen LogP contribution in [-0.2, 0) is 24.3 Å². The molecule has 25 heavy (non-hydrogen) atoms. The number of urea groups is 1. The number of carbonyl (C=O) groups excluding carboxylic acids is 1. The molecule has 2 aromatic carbocycles. The molecule has 0 fully saturated rings. The minimum atomic E-state index is -1.04. The van der Waals surface area contributed by atoms with Crippen LogP contribution in [0, 0.1) is 0 Å². The number of nitrogens with zero attached hydrogens (tertiary/aromatic N) is 2. The van der Waals surface area contributed by atoms with Crippen LogP contribution in [0.2, 0.25) is 0 Å². The Balaban J connectivity index is 1.84. The lowest BCUT2D eigenvalue weighted by molar-refractivity contribution is 0.0696. The predicted molar refractivity (Wildman–Crippen MR) is 95.2 cm³/mol. The standard InChI is InChI=1S/C18H18N2O4S/c1-19-16-8-5-13(17(21)22)9-14(16)11-20(18(19)23)10-12-3-6-15(7-4-12)25(2)24/h3-9H,10-11H2,1-2H3,(H,21,22). The molecule has 6 nitrogen and oxygen atoms in total. The second-order valence-corrected chi connectivity index (χ2v) is 7.32. The number of anilines is 1. The highest BCUT2D eigenvalue weighted by atomic mass is 32.2. The summed E-state index contributed by atoms with van der Waals surface area (Å²) < 4.78 is 11.5. The van der Waals surface area contributed by atoms with Gasteiger partial charge in [0.05, 0.1) is 11.3 Å². The highest BCUT2D eigenvalue weighted by molar-refractivity contribution is 7.90. The van der Waals surface area contributed by atoms with Gasteiger partial charge in [-0.1, -0.05) is 12.1 Å². The lowest BCUT2D eigenvalue weighted by Crippen LogP contribution is -2.44. The Morgan fingerprint density at radius 2 is 1.92 bits per heavy atom. The third-order valence-electron chi connectivity index (χ3n) is 4.24. The molecule has 2 aromatic rings. The second-order valence-electron chi connectivity index (χ2n) is 5.94.